The first-order valence-electron chi connectivity index (χ1n) is 9.76. The summed E-state index contributed by atoms with van der Waals surface area (Å²) >= 11 is 0. The van der Waals surface area contributed by atoms with Gasteiger partial charge in [0.15, 0.2) is 0 Å². The molecule has 13 nitrogen and oxygen atoms in total. The van der Waals surface area contributed by atoms with E-state index in [1.54, 1.807) is 13.8 Å². The topological polar surface area (TPSA) is 234 Å². The van der Waals surface area contributed by atoms with E-state index < -0.39 is 66.5 Å². The molecular formula is C18H33N5O8. The number of carboxylic acids is 1. The molecule has 0 aliphatic carbocycles. The summed E-state index contributed by atoms with van der Waals surface area (Å²) in [5.74, 6) is -4.79. The Balaban J connectivity index is 5.48. The summed E-state index contributed by atoms with van der Waals surface area (Å²) in [4.78, 5) is 59.5. The number of aliphatic carboxylic acids is 1. The quantitative estimate of drug-likeness (QED) is 0.132. The Kier molecular flexibility index (Phi) is 12.3. The third-order valence-corrected chi connectivity index (χ3v) is 4.27. The predicted molar refractivity (Wildman–Crippen MR) is 108 cm³/mol. The Hall–Kier alpha value is -2.77. The summed E-state index contributed by atoms with van der Waals surface area (Å²) in [6.07, 6.45) is -1.52. The lowest BCUT2D eigenvalue weighted by Gasteiger charge is -2.26. The van der Waals surface area contributed by atoms with Gasteiger partial charge in [-0.2, -0.15) is 0 Å². The number of carbonyl (C=O) groups excluding carboxylic acids is 4. The summed E-state index contributed by atoms with van der Waals surface area (Å²) in [6.45, 7) is 3.96. The van der Waals surface area contributed by atoms with Gasteiger partial charge in [0.05, 0.1) is 12.7 Å². The molecule has 178 valence electrons. The smallest absolute Gasteiger partial charge is 0.328 e. The number of aliphatic hydroxyl groups excluding tert-OH is 2. The zero-order chi connectivity index (χ0) is 24.3. The zero-order valence-corrected chi connectivity index (χ0v) is 17.8. The van der Waals surface area contributed by atoms with Gasteiger partial charge in [0, 0.05) is 6.42 Å². The highest BCUT2D eigenvalue weighted by Gasteiger charge is 2.31. The number of hydrogen-bond acceptors (Lipinski definition) is 8. The Morgan fingerprint density at radius 1 is 0.871 bits per heavy atom. The van der Waals surface area contributed by atoms with Crippen LogP contribution in [0, 0.1) is 5.92 Å². The van der Waals surface area contributed by atoms with Crippen LogP contribution in [0.2, 0.25) is 0 Å². The Labute approximate surface area is 179 Å². The molecule has 0 fully saturated rings. The fourth-order valence-electron chi connectivity index (χ4n) is 2.48. The van der Waals surface area contributed by atoms with Crippen LogP contribution in [-0.2, 0) is 24.0 Å². The first-order chi connectivity index (χ1) is 14.3. The summed E-state index contributed by atoms with van der Waals surface area (Å²) < 4.78 is 0. The van der Waals surface area contributed by atoms with Crippen molar-refractivity contribution in [2.24, 2.45) is 17.4 Å². The zero-order valence-electron chi connectivity index (χ0n) is 17.8. The lowest BCUT2D eigenvalue weighted by molar-refractivity contribution is -0.143. The van der Waals surface area contributed by atoms with Crippen LogP contribution in [0.1, 0.15) is 40.0 Å². The molecule has 5 atom stereocenters. The van der Waals surface area contributed by atoms with Gasteiger partial charge in [0.2, 0.25) is 23.6 Å². The molecule has 31 heavy (non-hydrogen) atoms. The van der Waals surface area contributed by atoms with Crippen LogP contribution in [0.25, 0.3) is 0 Å². The number of amides is 4. The maximum Gasteiger partial charge on any atom is 0.328 e. The number of nitrogens with two attached hydrogens (primary N) is 2. The minimum atomic E-state index is -1.56. The molecule has 5 unspecified atom stereocenters. The van der Waals surface area contributed by atoms with E-state index in [4.69, 9.17) is 21.7 Å². The third-order valence-electron chi connectivity index (χ3n) is 4.27. The van der Waals surface area contributed by atoms with Gasteiger partial charge < -0.3 is 42.7 Å². The number of carbonyl (C=O) groups is 5. The van der Waals surface area contributed by atoms with Gasteiger partial charge in [0.25, 0.3) is 0 Å². The van der Waals surface area contributed by atoms with E-state index in [0.717, 1.165) is 0 Å². The van der Waals surface area contributed by atoms with Gasteiger partial charge in [-0.3, -0.25) is 19.2 Å². The van der Waals surface area contributed by atoms with Crippen molar-refractivity contribution >= 4 is 29.6 Å². The molecule has 0 spiro atoms. The third kappa shape index (κ3) is 10.7. The van der Waals surface area contributed by atoms with Gasteiger partial charge in [-0.25, -0.2) is 4.79 Å². The van der Waals surface area contributed by atoms with E-state index in [-0.39, 0.29) is 25.2 Å². The fraction of sp³-hybridized carbons (Fsp3) is 0.722. The van der Waals surface area contributed by atoms with Crippen LogP contribution in [0.3, 0.4) is 0 Å². The van der Waals surface area contributed by atoms with Gasteiger partial charge in [-0.1, -0.05) is 13.8 Å². The van der Waals surface area contributed by atoms with Crippen LogP contribution in [0.5, 0.6) is 0 Å². The SMILES string of the molecule is CC(C)CC(NC(=O)C(CCC(N)=O)NC(=O)C(N)C(C)O)C(=O)NC(CO)C(=O)O. The van der Waals surface area contributed by atoms with Crippen molar-refractivity contribution in [2.45, 2.75) is 70.3 Å². The van der Waals surface area contributed by atoms with Crippen molar-refractivity contribution in [3.63, 3.8) is 0 Å². The van der Waals surface area contributed by atoms with Gasteiger partial charge in [-0.15, -0.1) is 0 Å². The predicted octanol–water partition coefficient (Wildman–Crippen LogP) is -3.46. The molecule has 0 saturated heterocycles. The van der Waals surface area contributed by atoms with E-state index >= 15 is 0 Å². The highest BCUT2D eigenvalue weighted by Crippen LogP contribution is 2.08. The van der Waals surface area contributed by atoms with Crippen molar-refractivity contribution in [1.29, 1.82) is 0 Å². The first kappa shape index (κ1) is 28.2. The van der Waals surface area contributed by atoms with Gasteiger partial charge in [0.1, 0.15) is 24.2 Å². The minimum absolute atomic E-state index is 0.0872. The van der Waals surface area contributed by atoms with Crippen LogP contribution in [-0.4, -0.2) is 81.8 Å². The molecule has 0 bridgehead atoms. The summed E-state index contributed by atoms with van der Waals surface area (Å²) in [5, 5.41) is 34.4. The van der Waals surface area contributed by atoms with Gasteiger partial charge >= 0.3 is 5.97 Å². The van der Waals surface area contributed by atoms with E-state index in [2.05, 4.69) is 16.0 Å². The van der Waals surface area contributed by atoms with Crippen molar-refractivity contribution in [1.82, 2.24) is 16.0 Å². The highest BCUT2D eigenvalue weighted by molar-refractivity contribution is 5.94. The lowest BCUT2D eigenvalue weighted by atomic mass is 10.0. The molecule has 0 aliphatic rings. The Bertz CT molecular complexity index is 655. The van der Waals surface area contributed by atoms with Crippen LogP contribution in [0.15, 0.2) is 0 Å². The van der Waals surface area contributed by atoms with Crippen molar-refractivity contribution in [3.8, 4) is 0 Å². The molecule has 0 aromatic rings. The molecule has 0 heterocycles. The van der Waals surface area contributed by atoms with E-state index in [0.29, 0.717) is 0 Å². The number of rotatable bonds is 14. The summed E-state index contributed by atoms with van der Waals surface area (Å²) in [7, 11) is 0. The molecule has 0 radical (unpaired) electrons. The second-order valence-corrected chi connectivity index (χ2v) is 7.61. The molecule has 0 aromatic heterocycles. The van der Waals surface area contributed by atoms with Crippen molar-refractivity contribution < 1.29 is 39.3 Å². The highest BCUT2D eigenvalue weighted by atomic mass is 16.4. The Morgan fingerprint density at radius 2 is 1.35 bits per heavy atom. The second kappa shape index (κ2) is 13.5. The average Bonchev–Trinajstić information content (AvgIpc) is 2.66. The molecule has 4 amide bonds. The number of nitrogens with one attached hydrogen (secondary N) is 3. The van der Waals surface area contributed by atoms with E-state index in [9.17, 15) is 29.1 Å². The van der Waals surface area contributed by atoms with Crippen LogP contribution in [0.4, 0.5) is 0 Å². The van der Waals surface area contributed by atoms with Gasteiger partial charge in [-0.05, 0) is 25.7 Å². The number of carboxylic acid groups (broad SMARTS) is 1. The van der Waals surface area contributed by atoms with Crippen molar-refractivity contribution in [2.75, 3.05) is 6.61 Å². The summed E-state index contributed by atoms with van der Waals surface area (Å²) in [5.41, 5.74) is 10.7. The number of primary amides is 1. The second-order valence-electron chi connectivity index (χ2n) is 7.61. The molecule has 0 saturated carbocycles. The van der Waals surface area contributed by atoms with Crippen LogP contribution < -0.4 is 27.4 Å². The molecular weight excluding hydrogens is 414 g/mol. The van der Waals surface area contributed by atoms with E-state index in [1.165, 1.54) is 6.92 Å². The standard InChI is InChI=1S/C18H33N5O8/c1-8(2)6-11(16(28)23-12(7-24)18(30)31)22-15(27)10(4-5-13(19)26)21-17(29)14(20)9(3)25/h8-12,14,24-25H,4-7,20H2,1-3H3,(H2,19,26)(H,21,29)(H,22,27)(H,23,28)(H,30,31). The minimum Gasteiger partial charge on any atom is -0.480 e. The summed E-state index contributed by atoms with van der Waals surface area (Å²) in [6, 6.07) is -5.37. The molecule has 10 N–H and O–H groups in total. The number of hydrogen-bond donors (Lipinski definition) is 8. The van der Waals surface area contributed by atoms with E-state index in [1.807, 2.05) is 0 Å². The fourth-order valence-corrected chi connectivity index (χ4v) is 2.48. The molecule has 0 aromatic carbocycles. The maximum absolute atomic E-state index is 12.7. The largest absolute Gasteiger partial charge is 0.480 e. The monoisotopic (exact) mass is 447 g/mol. The first-order valence-corrected chi connectivity index (χ1v) is 9.76. The maximum atomic E-state index is 12.7. The lowest BCUT2D eigenvalue weighted by Crippen LogP contribution is -2.58. The average molecular weight is 447 g/mol. The molecule has 0 rings (SSSR count). The normalized spacial score (nSPS) is 15.8. The molecule has 0 aliphatic heterocycles. The number of aliphatic hydroxyl groups is 2. The Morgan fingerprint density at radius 3 is 1.77 bits per heavy atom. The van der Waals surface area contributed by atoms with Crippen molar-refractivity contribution in [3.05, 3.63) is 0 Å². The molecule has 13 heteroatoms. The van der Waals surface area contributed by atoms with Crippen LogP contribution >= 0.6 is 0 Å².